The van der Waals surface area contributed by atoms with Crippen LogP contribution in [0.1, 0.15) is 62.2 Å². The molecule has 0 unspecified atom stereocenters. The van der Waals surface area contributed by atoms with E-state index in [9.17, 15) is 14.4 Å². The number of ether oxygens (including phenoxy) is 1. The number of piperidine rings is 1. The number of nitrogens with one attached hydrogen (secondary N) is 1. The molecular weight excluding hydrogens is 344 g/mol. The molecule has 27 heavy (non-hydrogen) atoms. The van der Waals surface area contributed by atoms with E-state index in [0.717, 1.165) is 12.8 Å². The standard InChI is InChI=1S/C21H28N2O4/c1-15(24)27-19-8-4-7-17(14-19)21(26)23-11-9-18(10-12-23)22-20(25)13-16-5-2-3-6-16/h4,7-8,14,16,18H,2-3,5-6,9-13H2,1H3,(H,22,25). The van der Waals surface area contributed by atoms with Crippen molar-refractivity contribution < 1.29 is 19.1 Å². The first-order valence-electron chi connectivity index (χ1n) is 9.88. The number of rotatable bonds is 5. The zero-order valence-corrected chi connectivity index (χ0v) is 15.9. The SMILES string of the molecule is CC(=O)Oc1cccc(C(=O)N2CCC(NC(=O)CC3CCCC3)CC2)c1. The van der Waals surface area contributed by atoms with Gasteiger partial charge in [-0.1, -0.05) is 18.9 Å². The molecule has 6 heteroatoms. The van der Waals surface area contributed by atoms with E-state index in [1.54, 1.807) is 29.2 Å². The van der Waals surface area contributed by atoms with Crippen molar-refractivity contribution in [2.24, 2.45) is 5.92 Å². The molecule has 0 spiro atoms. The van der Waals surface area contributed by atoms with Crippen LogP contribution < -0.4 is 10.1 Å². The Hall–Kier alpha value is -2.37. The third-order valence-corrected chi connectivity index (χ3v) is 5.44. The van der Waals surface area contributed by atoms with E-state index in [4.69, 9.17) is 4.74 Å². The summed E-state index contributed by atoms with van der Waals surface area (Å²) >= 11 is 0. The molecule has 1 aliphatic heterocycles. The number of esters is 1. The van der Waals surface area contributed by atoms with E-state index in [1.165, 1.54) is 32.6 Å². The van der Waals surface area contributed by atoms with E-state index in [-0.39, 0.29) is 17.9 Å². The summed E-state index contributed by atoms with van der Waals surface area (Å²) in [6.45, 7) is 2.57. The van der Waals surface area contributed by atoms with Gasteiger partial charge in [0.15, 0.2) is 0 Å². The number of nitrogens with zero attached hydrogens (tertiary/aromatic N) is 1. The summed E-state index contributed by atoms with van der Waals surface area (Å²) in [5.74, 6) is 0.604. The first kappa shape index (κ1) is 19.4. The van der Waals surface area contributed by atoms with Gasteiger partial charge in [-0.15, -0.1) is 0 Å². The average Bonchev–Trinajstić information content (AvgIpc) is 3.14. The molecule has 0 atom stereocenters. The van der Waals surface area contributed by atoms with Crippen molar-refractivity contribution in [1.82, 2.24) is 10.2 Å². The molecule has 0 radical (unpaired) electrons. The number of carbonyl (C=O) groups excluding carboxylic acids is 3. The molecule has 1 N–H and O–H groups in total. The van der Waals surface area contributed by atoms with Crippen molar-refractivity contribution in [2.75, 3.05) is 13.1 Å². The second-order valence-corrected chi connectivity index (χ2v) is 7.61. The molecule has 2 aliphatic rings. The Balaban J connectivity index is 1.47. The second kappa shape index (κ2) is 9.02. The van der Waals surface area contributed by atoms with Gasteiger partial charge in [0.05, 0.1) is 0 Å². The molecule has 1 aliphatic carbocycles. The van der Waals surface area contributed by atoms with Gasteiger partial charge >= 0.3 is 5.97 Å². The van der Waals surface area contributed by atoms with Crippen molar-refractivity contribution in [3.8, 4) is 5.75 Å². The van der Waals surface area contributed by atoms with Gasteiger partial charge < -0.3 is 15.0 Å². The van der Waals surface area contributed by atoms with E-state index in [2.05, 4.69) is 5.32 Å². The summed E-state index contributed by atoms with van der Waals surface area (Å²) in [6, 6.07) is 6.84. The van der Waals surface area contributed by atoms with E-state index in [0.29, 0.717) is 36.7 Å². The minimum Gasteiger partial charge on any atom is -0.427 e. The van der Waals surface area contributed by atoms with E-state index in [1.807, 2.05) is 0 Å². The Labute approximate surface area is 160 Å². The first-order valence-corrected chi connectivity index (χ1v) is 9.88. The molecule has 1 aromatic rings. The predicted molar refractivity (Wildman–Crippen MR) is 101 cm³/mol. The fraction of sp³-hybridized carbons (Fsp3) is 0.571. The number of amides is 2. The normalized spacial score (nSPS) is 18.3. The van der Waals surface area contributed by atoms with Gasteiger partial charge in [-0.2, -0.15) is 0 Å². The molecule has 146 valence electrons. The van der Waals surface area contributed by atoms with Gasteiger partial charge in [0.1, 0.15) is 5.75 Å². The molecule has 0 aromatic heterocycles. The molecule has 2 amide bonds. The van der Waals surface area contributed by atoms with Crippen LogP contribution in [0.3, 0.4) is 0 Å². The lowest BCUT2D eigenvalue weighted by molar-refractivity contribution is -0.132. The van der Waals surface area contributed by atoms with Crippen molar-refractivity contribution >= 4 is 17.8 Å². The molecule has 1 saturated heterocycles. The van der Waals surface area contributed by atoms with Crippen LogP contribution in [0.5, 0.6) is 5.75 Å². The summed E-state index contributed by atoms with van der Waals surface area (Å²) in [6.07, 6.45) is 7.02. The second-order valence-electron chi connectivity index (χ2n) is 7.61. The molecule has 1 heterocycles. The Morgan fingerprint density at radius 1 is 1.11 bits per heavy atom. The molecule has 1 saturated carbocycles. The van der Waals surface area contributed by atoms with Crippen LogP contribution in [0.15, 0.2) is 24.3 Å². The molecule has 6 nitrogen and oxygen atoms in total. The van der Waals surface area contributed by atoms with E-state index >= 15 is 0 Å². The minimum atomic E-state index is -0.409. The zero-order valence-electron chi connectivity index (χ0n) is 15.9. The van der Waals surface area contributed by atoms with Crippen LogP contribution in [-0.4, -0.2) is 41.8 Å². The summed E-state index contributed by atoms with van der Waals surface area (Å²) in [5.41, 5.74) is 0.512. The third kappa shape index (κ3) is 5.55. The topological polar surface area (TPSA) is 75.7 Å². The monoisotopic (exact) mass is 372 g/mol. The highest BCUT2D eigenvalue weighted by Gasteiger charge is 2.26. The number of hydrogen-bond donors (Lipinski definition) is 1. The van der Waals surface area contributed by atoms with Gasteiger partial charge in [-0.3, -0.25) is 14.4 Å². The maximum atomic E-state index is 12.7. The highest BCUT2D eigenvalue weighted by Crippen LogP contribution is 2.27. The highest BCUT2D eigenvalue weighted by atomic mass is 16.5. The van der Waals surface area contributed by atoms with Gasteiger partial charge in [0.2, 0.25) is 5.91 Å². The summed E-state index contributed by atoms with van der Waals surface area (Å²) in [5, 5.41) is 3.14. The van der Waals surface area contributed by atoms with Crippen molar-refractivity contribution in [1.29, 1.82) is 0 Å². The van der Waals surface area contributed by atoms with Crippen LogP contribution in [-0.2, 0) is 9.59 Å². The quantitative estimate of drug-likeness (QED) is 0.637. The summed E-state index contributed by atoms with van der Waals surface area (Å²) in [4.78, 5) is 37.8. The van der Waals surface area contributed by atoms with Crippen LogP contribution >= 0.6 is 0 Å². The first-order chi connectivity index (χ1) is 13.0. The lowest BCUT2D eigenvalue weighted by Crippen LogP contribution is -2.46. The van der Waals surface area contributed by atoms with Gasteiger partial charge in [-0.25, -0.2) is 0 Å². The van der Waals surface area contributed by atoms with Gasteiger partial charge in [0, 0.05) is 38.0 Å². The number of hydrogen-bond acceptors (Lipinski definition) is 4. The fourth-order valence-corrected chi connectivity index (χ4v) is 4.03. The van der Waals surface area contributed by atoms with Gasteiger partial charge in [-0.05, 0) is 49.8 Å². The lowest BCUT2D eigenvalue weighted by Gasteiger charge is -2.32. The summed E-state index contributed by atoms with van der Waals surface area (Å²) < 4.78 is 5.05. The van der Waals surface area contributed by atoms with Crippen LogP contribution in [0, 0.1) is 5.92 Å². The number of carbonyl (C=O) groups is 3. The van der Waals surface area contributed by atoms with Gasteiger partial charge in [0.25, 0.3) is 5.91 Å². The smallest absolute Gasteiger partial charge is 0.308 e. The molecular formula is C21H28N2O4. The maximum Gasteiger partial charge on any atom is 0.308 e. The average molecular weight is 372 g/mol. The van der Waals surface area contributed by atoms with Crippen molar-refractivity contribution in [2.45, 2.75) is 57.9 Å². The minimum absolute atomic E-state index is 0.0697. The third-order valence-electron chi connectivity index (χ3n) is 5.44. The molecule has 0 bridgehead atoms. The van der Waals surface area contributed by atoms with Crippen molar-refractivity contribution in [3.63, 3.8) is 0 Å². The maximum absolute atomic E-state index is 12.7. The predicted octanol–water partition coefficient (Wildman–Crippen LogP) is 2.91. The Kier molecular flexibility index (Phi) is 6.48. The molecule has 1 aromatic carbocycles. The van der Waals surface area contributed by atoms with E-state index < -0.39 is 5.97 Å². The van der Waals surface area contributed by atoms with Crippen molar-refractivity contribution in [3.05, 3.63) is 29.8 Å². The Morgan fingerprint density at radius 2 is 1.81 bits per heavy atom. The Morgan fingerprint density at radius 3 is 2.48 bits per heavy atom. The lowest BCUT2D eigenvalue weighted by atomic mass is 10.0. The molecule has 2 fully saturated rings. The highest BCUT2D eigenvalue weighted by molar-refractivity contribution is 5.94. The number of benzene rings is 1. The largest absolute Gasteiger partial charge is 0.427 e. The van der Waals surface area contributed by atoms with Crippen LogP contribution in [0.4, 0.5) is 0 Å². The Bertz CT molecular complexity index is 689. The van der Waals surface area contributed by atoms with Crippen LogP contribution in [0.2, 0.25) is 0 Å². The number of likely N-dealkylation sites (tertiary alicyclic amines) is 1. The molecule has 3 rings (SSSR count). The fourth-order valence-electron chi connectivity index (χ4n) is 4.03. The zero-order chi connectivity index (χ0) is 19.2. The van der Waals surface area contributed by atoms with Crippen LogP contribution in [0.25, 0.3) is 0 Å². The summed E-state index contributed by atoms with van der Waals surface area (Å²) in [7, 11) is 0.